The van der Waals surface area contributed by atoms with Crippen molar-refractivity contribution in [2.24, 2.45) is 5.92 Å². The maximum Gasteiger partial charge on any atom is 0.144 e. The van der Waals surface area contributed by atoms with Crippen molar-refractivity contribution < 1.29 is 9.59 Å². The van der Waals surface area contributed by atoms with E-state index in [1.54, 1.807) is 26.0 Å². The molecule has 138 valence electrons. The van der Waals surface area contributed by atoms with Gasteiger partial charge in [-0.25, -0.2) is 0 Å². The number of hydrogen-bond acceptors (Lipinski definition) is 3. The summed E-state index contributed by atoms with van der Waals surface area (Å²) >= 11 is 11.9. The third kappa shape index (κ3) is 5.41. The van der Waals surface area contributed by atoms with Crippen LogP contribution in [0.4, 0.5) is 0 Å². The molecular weight excluding hydrogens is 369 g/mol. The summed E-state index contributed by atoms with van der Waals surface area (Å²) in [6, 6.07) is 14.4. The molecule has 0 amide bonds. The monoisotopic (exact) mass is 391 g/mol. The molecule has 5 heteroatoms. The van der Waals surface area contributed by atoms with E-state index in [4.69, 9.17) is 23.2 Å². The molecule has 0 saturated heterocycles. The normalized spacial score (nSPS) is 12.2. The van der Waals surface area contributed by atoms with Gasteiger partial charge in [0.1, 0.15) is 11.6 Å². The minimum atomic E-state index is -0.710. The number of carbonyl (C=O) groups excluding carboxylic acids is 2. The van der Waals surface area contributed by atoms with Crippen molar-refractivity contribution in [2.45, 2.75) is 39.3 Å². The molecule has 0 saturated carbocycles. The fourth-order valence-electron chi connectivity index (χ4n) is 2.92. The largest absolute Gasteiger partial charge is 0.305 e. The van der Waals surface area contributed by atoms with Gasteiger partial charge in [-0.05, 0) is 35.4 Å². The summed E-state index contributed by atoms with van der Waals surface area (Å²) in [5.41, 5.74) is 1.90. The number of rotatable bonds is 9. The summed E-state index contributed by atoms with van der Waals surface area (Å²) in [7, 11) is 0. The number of benzene rings is 2. The lowest BCUT2D eigenvalue weighted by Gasteiger charge is -2.27. The van der Waals surface area contributed by atoms with E-state index >= 15 is 0 Å². The minimum Gasteiger partial charge on any atom is -0.305 e. The Kier molecular flexibility index (Phi) is 7.83. The van der Waals surface area contributed by atoms with Crippen LogP contribution in [0.15, 0.2) is 48.5 Å². The van der Waals surface area contributed by atoms with E-state index in [0.29, 0.717) is 29.4 Å². The van der Waals surface area contributed by atoms with Crippen molar-refractivity contribution in [1.82, 2.24) is 5.32 Å². The second-order valence-corrected chi connectivity index (χ2v) is 7.03. The molecule has 0 aromatic heterocycles. The van der Waals surface area contributed by atoms with Crippen molar-refractivity contribution in [3.8, 4) is 0 Å². The Morgan fingerprint density at radius 1 is 0.846 bits per heavy atom. The molecule has 0 fully saturated rings. The SMILES string of the molecule is CCC(=O)C(C(=O)CC)C(NCc1ccc(Cl)cc1)c1ccc(Cl)cc1. The molecule has 0 aliphatic heterocycles. The standard InChI is InChI=1S/C21H23Cl2NO2/c1-3-18(25)20(19(26)4-2)21(15-7-11-17(23)12-8-15)24-13-14-5-9-16(22)10-6-14/h5-12,20-21,24H,3-4,13H2,1-2H3. The summed E-state index contributed by atoms with van der Waals surface area (Å²) in [6.45, 7) is 4.10. The Hall–Kier alpha value is -1.68. The second kappa shape index (κ2) is 9.86. The smallest absolute Gasteiger partial charge is 0.144 e. The first kappa shape index (κ1) is 20.6. The van der Waals surface area contributed by atoms with Crippen molar-refractivity contribution in [3.05, 3.63) is 69.7 Å². The van der Waals surface area contributed by atoms with Gasteiger partial charge in [0, 0.05) is 35.5 Å². The molecule has 0 heterocycles. The van der Waals surface area contributed by atoms with Gasteiger partial charge in [-0.1, -0.05) is 61.3 Å². The van der Waals surface area contributed by atoms with Crippen LogP contribution in [0, 0.1) is 5.92 Å². The first-order valence-electron chi connectivity index (χ1n) is 8.75. The van der Waals surface area contributed by atoms with Gasteiger partial charge in [0.2, 0.25) is 0 Å². The lowest BCUT2D eigenvalue weighted by atomic mass is 9.84. The van der Waals surface area contributed by atoms with E-state index < -0.39 is 12.0 Å². The molecule has 2 aromatic rings. The third-order valence-electron chi connectivity index (χ3n) is 4.39. The van der Waals surface area contributed by atoms with E-state index in [9.17, 15) is 9.59 Å². The van der Waals surface area contributed by atoms with Gasteiger partial charge in [0.15, 0.2) is 0 Å². The molecular formula is C21H23Cl2NO2. The number of halogens is 2. The molecule has 0 bridgehead atoms. The van der Waals surface area contributed by atoms with Gasteiger partial charge < -0.3 is 5.32 Å². The minimum absolute atomic E-state index is 0.0552. The molecule has 2 aromatic carbocycles. The Morgan fingerprint density at radius 2 is 1.31 bits per heavy atom. The van der Waals surface area contributed by atoms with Crippen molar-refractivity contribution in [2.75, 3.05) is 0 Å². The van der Waals surface area contributed by atoms with E-state index in [0.717, 1.165) is 11.1 Å². The molecule has 1 N–H and O–H groups in total. The predicted octanol–water partition coefficient (Wildman–Crippen LogP) is 5.40. The van der Waals surface area contributed by atoms with E-state index in [1.165, 1.54) is 0 Å². The van der Waals surface area contributed by atoms with Crippen LogP contribution in [0.25, 0.3) is 0 Å². The van der Waals surface area contributed by atoms with E-state index in [-0.39, 0.29) is 11.6 Å². The zero-order chi connectivity index (χ0) is 19.1. The number of carbonyl (C=O) groups is 2. The molecule has 0 spiro atoms. The topological polar surface area (TPSA) is 46.2 Å². The van der Waals surface area contributed by atoms with Crippen molar-refractivity contribution in [1.29, 1.82) is 0 Å². The maximum absolute atomic E-state index is 12.5. The Labute approximate surface area is 164 Å². The highest BCUT2D eigenvalue weighted by atomic mass is 35.5. The molecule has 2 rings (SSSR count). The zero-order valence-corrected chi connectivity index (χ0v) is 16.5. The van der Waals surface area contributed by atoms with Crippen LogP contribution < -0.4 is 5.32 Å². The van der Waals surface area contributed by atoms with E-state index in [2.05, 4.69) is 5.32 Å². The lowest BCUT2D eigenvalue weighted by Crippen LogP contribution is -2.37. The Bertz CT molecular complexity index is 726. The van der Waals surface area contributed by atoms with Crippen LogP contribution in [-0.2, 0) is 16.1 Å². The second-order valence-electron chi connectivity index (χ2n) is 6.15. The highest BCUT2D eigenvalue weighted by Crippen LogP contribution is 2.28. The summed E-state index contributed by atoms with van der Waals surface area (Å²) in [5.74, 6) is -0.820. The Morgan fingerprint density at radius 3 is 1.77 bits per heavy atom. The van der Waals surface area contributed by atoms with Gasteiger partial charge >= 0.3 is 0 Å². The average molecular weight is 392 g/mol. The van der Waals surface area contributed by atoms with Gasteiger partial charge in [0.05, 0.1) is 5.92 Å². The number of nitrogens with one attached hydrogen (secondary N) is 1. The van der Waals surface area contributed by atoms with Crippen LogP contribution in [0.3, 0.4) is 0 Å². The summed E-state index contributed by atoms with van der Waals surface area (Å²) in [5, 5.41) is 4.68. The third-order valence-corrected chi connectivity index (χ3v) is 4.90. The molecule has 0 aliphatic rings. The maximum atomic E-state index is 12.5. The van der Waals surface area contributed by atoms with Gasteiger partial charge in [-0.2, -0.15) is 0 Å². The van der Waals surface area contributed by atoms with Crippen LogP contribution in [0.2, 0.25) is 10.0 Å². The molecule has 1 atom stereocenters. The van der Waals surface area contributed by atoms with Crippen LogP contribution >= 0.6 is 23.2 Å². The summed E-state index contributed by atoms with van der Waals surface area (Å²) in [4.78, 5) is 25.1. The Balaban J connectivity index is 2.33. The number of Topliss-reactive ketones (excluding diaryl/α,β-unsaturated/α-hetero) is 2. The quantitative estimate of drug-likeness (QED) is 0.582. The zero-order valence-electron chi connectivity index (χ0n) is 15.0. The molecule has 3 nitrogen and oxygen atoms in total. The number of ketones is 2. The molecule has 0 radical (unpaired) electrons. The summed E-state index contributed by atoms with van der Waals surface area (Å²) < 4.78 is 0. The van der Waals surface area contributed by atoms with Gasteiger partial charge in [-0.3, -0.25) is 9.59 Å². The fourth-order valence-corrected chi connectivity index (χ4v) is 3.17. The van der Waals surface area contributed by atoms with Crippen LogP contribution in [0.1, 0.15) is 43.9 Å². The van der Waals surface area contributed by atoms with Crippen LogP contribution in [-0.4, -0.2) is 11.6 Å². The first-order valence-corrected chi connectivity index (χ1v) is 9.50. The highest BCUT2D eigenvalue weighted by molar-refractivity contribution is 6.30. The molecule has 1 unspecified atom stereocenters. The fraction of sp³-hybridized carbons (Fsp3) is 0.333. The lowest BCUT2D eigenvalue weighted by molar-refractivity contribution is -0.133. The first-order chi connectivity index (χ1) is 12.5. The van der Waals surface area contributed by atoms with E-state index in [1.807, 2.05) is 36.4 Å². The van der Waals surface area contributed by atoms with Crippen LogP contribution in [0.5, 0.6) is 0 Å². The van der Waals surface area contributed by atoms with Crippen molar-refractivity contribution >= 4 is 34.8 Å². The molecule has 26 heavy (non-hydrogen) atoms. The summed E-state index contributed by atoms with van der Waals surface area (Å²) in [6.07, 6.45) is 0.645. The molecule has 0 aliphatic carbocycles. The predicted molar refractivity (Wildman–Crippen MR) is 107 cm³/mol. The van der Waals surface area contributed by atoms with Gasteiger partial charge in [0.25, 0.3) is 0 Å². The van der Waals surface area contributed by atoms with Crippen molar-refractivity contribution in [3.63, 3.8) is 0 Å². The van der Waals surface area contributed by atoms with Gasteiger partial charge in [-0.15, -0.1) is 0 Å². The average Bonchev–Trinajstić information content (AvgIpc) is 2.66. The number of hydrogen-bond donors (Lipinski definition) is 1. The highest BCUT2D eigenvalue weighted by Gasteiger charge is 2.33.